The highest BCUT2D eigenvalue weighted by atomic mass is 16.3. The van der Waals surface area contributed by atoms with Crippen LogP contribution in [0.2, 0.25) is 0 Å². The molecule has 3 nitrogen and oxygen atoms in total. The van der Waals surface area contributed by atoms with E-state index < -0.39 is 0 Å². The van der Waals surface area contributed by atoms with E-state index >= 15 is 0 Å². The Balaban J connectivity index is 2.76. The normalized spacial score (nSPS) is 10.5. The van der Waals surface area contributed by atoms with Crippen LogP contribution in [0.4, 0.5) is 0 Å². The summed E-state index contributed by atoms with van der Waals surface area (Å²) in [6, 6.07) is 1.81. The zero-order chi connectivity index (χ0) is 8.27. The number of carbonyl (C=O) groups excluding carboxylic acids is 1. The van der Waals surface area contributed by atoms with Crippen LogP contribution in [-0.4, -0.2) is 25.3 Å². The van der Waals surface area contributed by atoms with Gasteiger partial charge < -0.3 is 9.32 Å². The number of hydrogen-bond acceptors (Lipinski definition) is 3. The number of hydrogen-bond donors (Lipinski definition) is 0. The highest BCUT2D eigenvalue weighted by Gasteiger charge is 2.04. The zero-order valence-electron chi connectivity index (χ0n) is 6.70. The summed E-state index contributed by atoms with van der Waals surface area (Å²) in [5.41, 5.74) is 0.935. The molecule has 1 rings (SSSR count). The van der Waals surface area contributed by atoms with E-state index in [9.17, 15) is 4.79 Å². The first kappa shape index (κ1) is 8.01. The monoisotopic (exact) mass is 153 g/mol. The average Bonchev–Trinajstić information content (AvgIpc) is 2.34. The lowest BCUT2D eigenvalue weighted by atomic mass is 10.2. The molecule has 0 amide bonds. The van der Waals surface area contributed by atoms with Crippen LogP contribution >= 0.6 is 0 Å². The van der Waals surface area contributed by atoms with E-state index in [2.05, 4.69) is 0 Å². The van der Waals surface area contributed by atoms with Crippen LogP contribution in [0.15, 0.2) is 16.7 Å². The van der Waals surface area contributed by atoms with Crippen molar-refractivity contribution in [1.82, 2.24) is 4.90 Å². The van der Waals surface area contributed by atoms with Gasteiger partial charge in [0.2, 0.25) is 0 Å². The van der Waals surface area contributed by atoms with Crippen molar-refractivity contribution in [2.45, 2.75) is 6.54 Å². The van der Waals surface area contributed by atoms with Crippen molar-refractivity contribution in [3.8, 4) is 0 Å². The molecule has 0 unspecified atom stereocenters. The molecule has 0 atom stereocenters. The maximum absolute atomic E-state index is 10.4. The lowest BCUT2D eigenvalue weighted by Crippen LogP contribution is -2.11. The molecule has 0 aliphatic rings. The standard InChI is InChI=1S/C8H11NO2/c1-9(2)5-7-3-4-11-8(7)6-10/h3-4,6H,5H2,1-2H3. The van der Waals surface area contributed by atoms with Crippen molar-refractivity contribution >= 4 is 6.29 Å². The van der Waals surface area contributed by atoms with E-state index in [-0.39, 0.29) is 0 Å². The van der Waals surface area contributed by atoms with Gasteiger partial charge in [0.1, 0.15) is 0 Å². The highest BCUT2D eigenvalue weighted by Crippen LogP contribution is 2.08. The molecule has 60 valence electrons. The molecule has 0 aliphatic heterocycles. The van der Waals surface area contributed by atoms with Gasteiger partial charge in [-0.15, -0.1) is 0 Å². The Morgan fingerprint density at radius 2 is 2.36 bits per heavy atom. The fraction of sp³-hybridized carbons (Fsp3) is 0.375. The fourth-order valence-corrected chi connectivity index (χ4v) is 0.922. The molecule has 1 heterocycles. The molecule has 0 saturated heterocycles. The van der Waals surface area contributed by atoms with Crippen LogP contribution in [-0.2, 0) is 6.54 Å². The van der Waals surface area contributed by atoms with Crippen molar-refractivity contribution in [3.63, 3.8) is 0 Å². The molecular weight excluding hydrogens is 142 g/mol. The second-order valence-electron chi connectivity index (χ2n) is 2.67. The quantitative estimate of drug-likeness (QED) is 0.611. The van der Waals surface area contributed by atoms with E-state index in [4.69, 9.17) is 4.42 Å². The van der Waals surface area contributed by atoms with Gasteiger partial charge in [-0.3, -0.25) is 4.79 Å². The van der Waals surface area contributed by atoms with E-state index in [0.29, 0.717) is 5.76 Å². The van der Waals surface area contributed by atoms with Gasteiger partial charge in [-0.25, -0.2) is 0 Å². The summed E-state index contributed by atoms with van der Waals surface area (Å²) in [5, 5.41) is 0. The molecule has 1 aromatic rings. The van der Waals surface area contributed by atoms with Gasteiger partial charge in [0.25, 0.3) is 0 Å². The number of furan rings is 1. The maximum Gasteiger partial charge on any atom is 0.185 e. The molecule has 0 aliphatic carbocycles. The summed E-state index contributed by atoms with van der Waals surface area (Å²) < 4.78 is 4.92. The Morgan fingerprint density at radius 1 is 1.64 bits per heavy atom. The lowest BCUT2D eigenvalue weighted by Gasteiger charge is -2.06. The summed E-state index contributed by atoms with van der Waals surface area (Å²) in [4.78, 5) is 12.3. The second-order valence-corrected chi connectivity index (χ2v) is 2.67. The molecule has 0 saturated carbocycles. The average molecular weight is 153 g/mol. The van der Waals surface area contributed by atoms with Crippen LogP contribution in [0, 0.1) is 0 Å². The summed E-state index contributed by atoms with van der Waals surface area (Å²) in [5.74, 6) is 0.429. The van der Waals surface area contributed by atoms with Gasteiger partial charge in [0, 0.05) is 12.1 Å². The zero-order valence-corrected chi connectivity index (χ0v) is 6.70. The van der Waals surface area contributed by atoms with Gasteiger partial charge in [0.05, 0.1) is 6.26 Å². The van der Waals surface area contributed by atoms with E-state index in [1.807, 2.05) is 25.1 Å². The van der Waals surface area contributed by atoms with E-state index in [0.717, 1.165) is 18.4 Å². The number of aldehydes is 1. The summed E-state index contributed by atoms with van der Waals surface area (Å²) in [7, 11) is 3.89. The third-order valence-electron chi connectivity index (χ3n) is 1.37. The number of rotatable bonds is 3. The SMILES string of the molecule is CN(C)Cc1ccoc1C=O. The van der Waals surface area contributed by atoms with Gasteiger partial charge in [-0.2, -0.15) is 0 Å². The largest absolute Gasteiger partial charge is 0.461 e. The van der Waals surface area contributed by atoms with E-state index in [1.54, 1.807) is 0 Å². The molecule has 0 aromatic carbocycles. The maximum atomic E-state index is 10.4. The second kappa shape index (κ2) is 3.34. The van der Waals surface area contributed by atoms with Crippen LogP contribution in [0.3, 0.4) is 0 Å². The molecule has 0 spiro atoms. The molecular formula is C8H11NO2. The predicted molar refractivity (Wildman–Crippen MR) is 41.5 cm³/mol. The third-order valence-corrected chi connectivity index (χ3v) is 1.37. The minimum atomic E-state index is 0.429. The third kappa shape index (κ3) is 1.91. The Morgan fingerprint density at radius 3 is 2.91 bits per heavy atom. The molecule has 0 N–H and O–H groups in total. The van der Waals surface area contributed by atoms with Gasteiger partial charge >= 0.3 is 0 Å². The minimum Gasteiger partial charge on any atom is -0.461 e. The Hall–Kier alpha value is -1.09. The Kier molecular flexibility index (Phi) is 2.44. The van der Waals surface area contributed by atoms with Crippen LogP contribution in [0.5, 0.6) is 0 Å². The van der Waals surface area contributed by atoms with Crippen LogP contribution in [0.25, 0.3) is 0 Å². The van der Waals surface area contributed by atoms with Gasteiger partial charge in [-0.1, -0.05) is 0 Å². The first-order chi connectivity index (χ1) is 5.24. The minimum absolute atomic E-state index is 0.429. The summed E-state index contributed by atoms with van der Waals surface area (Å²) in [6.45, 7) is 0.741. The summed E-state index contributed by atoms with van der Waals surface area (Å²) >= 11 is 0. The smallest absolute Gasteiger partial charge is 0.185 e. The van der Waals surface area contributed by atoms with Crippen LogP contribution < -0.4 is 0 Å². The van der Waals surface area contributed by atoms with Crippen molar-refractivity contribution in [2.24, 2.45) is 0 Å². The first-order valence-corrected chi connectivity index (χ1v) is 3.40. The molecule has 3 heteroatoms. The van der Waals surface area contributed by atoms with E-state index in [1.165, 1.54) is 6.26 Å². The number of carbonyl (C=O) groups is 1. The molecule has 0 fully saturated rings. The molecule has 0 radical (unpaired) electrons. The molecule has 1 aromatic heterocycles. The van der Waals surface area contributed by atoms with Crippen molar-refractivity contribution in [1.29, 1.82) is 0 Å². The number of nitrogens with zero attached hydrogens (tertiary/aromatic N) is 1. The van der Waals surface area contributed by atoms with Crippen molar-refractivity contribution in [2.75, 3.05) is 14.1 Å². The predicted octanol–water partition coefficient (Wildman–Crippen LogP) is 1.15. The molecule has 11 heavy (non-hydrogen) atoms. The van der Waals surface area contributed by atoms with Crippen molar-refractivity contribution in [3.05, 3.63) is 23.7 Å². The van der Waals surface area contributed by atoms with Crippen molar-refractivity contribution < 1.29 is 9.21 Å². The summed E-state index contributed by atoms with van der Waals surface area (Å²) in [6.07, 6.45) is 2.27. The lowest BCUT2D eigenvalue weighted by molar-refractivity contribution is 0.109. The Bertz CT molecular complexity index is 240. The molecule has 0 bridgehead atoms. The van der Waals surface area contributed by atoms with Crippen LogP contribution in [0.1, 0.15) is 16.1 Å². The van der Waals surface area contributed by atoms with Gasteiger partial charge in [-0.05, 0) is 20.2 Å². The highest BCUT2D eigenvalue weighted by molar-refractivity contribution is 5.72. The Labute approximate surface area is 65.6 Å². The van der Waals surface area contributed by atoms with Gasteiger partial charge in [0.15, 0.2) is 12.0 Å². The fourth-order valence-electron chi connectivity index (χ4n) is 0.922. The first-order valence-electron chi connectivity index (χ1n) is 3.40. The topological polar surface area (TPSA) is 33.5 Å².